The lowest BCUT2D eigenvalue weighted by molar-refractivity contribution is -0.141. The predicted molar refractivity (Wildman–Crippen MR) is 75.4 cm³/mol. The number of carbonyl (C=O) groups excluding carboxylic acids is 1. The molecule has 0 fully saturated rings. The van der Waals surface area contributed by atoms with Crippen molar-refractivity contribution in [1.29, 1.82) is 0 Å². The second-order valence-electron chi connectivity index (χ2n) is 4.55. The van der Waals surface area contributed by atoms with Crippen LogP contribution < -0.4 is 5.32 Å². The van der Waals surface area contributed by atoms with Crippen molar-refractivity contribution in [2.45, 2.75) is 27.3 Å². The molecule has 0 amide bonds. The number of benzene rings is 1. The van der Waals surface area contributed by atoms with Crippen molar-refractivity contribution in [2.75, 3.05) is 19.0 Å². The number of rotatable bonds is 4. The van der Waals surface area contributed by atoms with Crippen molar-refractivity contribution in [3.05, 3.63) is 23.3 Å². The average molecular weight is 261 g/mol. The molecule has 0 spiro atoms. The minimum atomic E-state index is -0.281. The van der Waals surface area contributed by atoms with E-state index in [1.807, 2.05) is 17.6 Å². The molecule has 0 radical (unpaired) electrons. The van der Waals surface area contributed by atoms with Crippen LogP contribution in [-0.4, -0.2) is 29.2 Å². The molecule has 0 aliphatic carbocycles. The molecule has 5 heteroatoms. The molecule has 0 bridgehead atoms. The van der Waals surface area contributed by atoms with E-state index in [-0.39, 0.29) is 12.5 Å². The van der Waals surface area contributed by atoms with Crippen LogP contribution in [-0.2, 0) is 16.1 Å². The highest BCUT2D eigenvalue weighted by Crippen LogP contribution is 2.23. The molecule has 1 heterocycles. The first-order valence-electron chi connectivity index (χ1n) is 6.35. The molecule has 1 N–H and O–H groups in total. The van der Waals surface area contributed by atoms with Crippen molar-refractivity contribution >= 4 is 23.0 Å². The Bertz CT molecular complexity index is 617. The quantitative estimate of drug-likeness (QED) is 0.858. The molecule has 0 saturated carbocycles. The predicted octanol–water partition coefficient (Wildman–Crippen LogP) is 2.26. The van der Waals surface area contributed by atoms with Gasteiger partial charge in [-0.3, -0.25) is 9.36 Å². The van der Waals surface area contributed by atoms with E-state index in [0.29, 0.717) is 5.95 Å². The van der Waals surface area contributed by atoms with E-state index in [0.717, 1.165) is 17.6 Å². The van der Waals surface area contributed by atoms with Crippen LogP contribution in [0.2, 0.25) is 0 Å². The minimum Gasteiger partial charge on any atom is -0.468 e. The van der Waals surface area contributed by atoms with Gasteiger partial charge in [0.15, 0.2) is 0 Å². The Labute approximate surface area is 112 Å². The van der Waals surface area contributed by atoms with Gasteiger partial charge >= 0.3 is 5.97 Å². The van der Waals surface area contributed by atoms with Gasteiger partial charge in [0.05, 0.1) is 18.1 Å². The van der Waals surface area contributed by atoms with Gasteiger partial charge in [0.2, 0.25) is 5.95 Å². The van der Waals surface area contributed by atoms with Gasteiger partial charge in [-0.05, 0) is 44.0 Å². The number of aromatic nitrogens is 2. The molecule has 0 unspecified atom stereocenters. The zero-order chi connectivity index (χ0) is 14.0. The number of methoxy groups -OCH3 is 1. The number of nitrogens with one attached hydrogen (secondary N) is 1. The van der Waals surface area contributed by atoms with Crippen molar-refractivity contribution in [2.24, 2.45) is 0 Å². The molecule has 0 aliphatic heterocycles. The summed E-state index contributed by atoms with van der Waals surface area (Å²) in [5.74, 6) is 0.421. The normalized spacial score (nSPS) is 10.7. The molecule has 1 aromatic heterocycles. The summed E-state index contributed by atoms with van der Waals surface area (Å²) in [6.45, 7) is 7.02. The first-order chi connectivity index (χ1) is 9.06. The minimum absolute atomic E-state index is 0.165. The summed E-state index contributed by atoms with van der Waals surface area (Å²) in [5.41, 5.74) is 4.22. The van der Waals surface area contributed by atoms with Gasteiger partial charge in [0.1, 0.15) is 6.54 Å². The number of imidazole rings is 1. The van der Waals surface area contributed by atoms with Gasteiger partial charge in [0.25, 0.3) is 0 Å². The molecular formula is C14H19N3O2. The van der Waals surface area contributed by atoms with Crippen LogP contribution in [0.15, 0.2) is 12.1 Å². The Balaban J connectivity index is 2.58. The van der Waals surface area contributed by atoms with Crippen LogP contribution in [0.1, 0.15) is 18.1 Å². The highest BCUT2D eigenvalue weighted by Gasteiger charge is 2.14. The molecular weight excluding hydrogens is 242 g/mol. The Morgan fingerprint density at radius 2 is 2.05 bits per heavy atom. The topological polar surface area (TPSA) is 56.2 Å². The number of hydrogen-bond acceptors (Lipinski definition) is 4. The molecule has 2 rings (SSSR count). The van der Waals surface area contributed by atoms with E-state index in [4.69, 9.17) is 4.74 Å². The van der Waals surface area contributed by atoms with Crippen molar-refractivity contribution in [1.82, 2.24) is 9.55 Å². The maximum absolute atomic E-state index is 11.5. The zero-order valence-corrected chi connectivity index (χ0v) is 11.8. The van der Waals surface area contributed by atoms with Crippen LogP contribution in [0.5, 0.6) is 0 Å². The summed E-state index contributed by atoms with van der Waals surface area (Å²) in [7, 11) is 1.39. The first-order valence-corrected chi connectivity index (χ1v) is 6.35. The summed E-state index contributed by atoms with van der Waals surface area (Å²) < 4.78 is 6.60. The summed E-state index contributed by atoms with van der Waals surface area (Å²) in [6.07, 6.45) is 0. The summed E-state index contributed by atoms with van der Waals surface area (Å²) >= 11 is 0. The second kappa shape index (κ2) is 5.30. The van der Waals surface area contributed by atoms with E-state index in [1.165, 1.54) is 18.2 Å². The number of aryl methyl sites for hydroxylation is 2. The standard InChI is InChI=1S/C14H19N3O2/c1-5-15-14-16-11-6-9(2)10(3)7-12(11)17(14)8-13(18)19-4/h6-7H,5,8H2,1-4H3,(H,15,16). The second-order valence-corrected chi connectivity index (χ2v) is 4.55. The molecule has 2 aromatic rings. The number of carbonyl (C=O) groups is 1. The number of hydrogen-bond donors (Lipinski definition) is 1. The summed E-state index contributed by atoms with van der Waals surface area (Å²) in [5, 5.41) is 3.18. The fourth-order valence-corrected chi connectivity index (χ4v) is 2.03. The molecule has 19 heavy (non-hydrogen) atoms. The molecule has 5 nitrogen and oxygen atoms in total. The molecule has 0 saturated heterocycles. The first kappa shape index (κ1) is 13.4. The Hall–Kier alpha value is -2.04. The van der Waals surface area contributed by atoms with Crippen LogP contribution in [0, 0.1) is 13.8 Å². The van der Waals surface area contributed by atoms with Crippen molar-refractivity contribution in [3.8, 4) is 0 Å². The molecule has 102 valence electrons. The highest BCUT2D eigenvalue weighted by atomic mass is 16.5. The van der Waals surface area contributed by atoms with Crippen LogP contribution in [0.4, 0.5) is 5.95 Å². The third kappa shape index (κ3) is 2.54. The number of anilines is 1. The number of ether oxygens (including phenoxy) is 1. The van der Waals surface area contributed by atoms with E-state index >= 15 is 0 Å². The van der Waals surface area contributed by atoms with Gasteiger partial charge in [-0.1, -0.05) is 0 Å². The third-order valence-corrected chi connectivity index (χ3v) is 3.21. The highest BCUT2D eigenvalue weighted by molar-refractivity contribution is 5.82. The van der Waals surface area contributed by atoms with Gasteiger partial charge in [-0.2, -0.15) is 0 Å². The zero-order valence-electron chi connectivity index (χ0n) is 11.8. The van der Waals surface area contributed by atoms with E-state index in [1.54, 1.807) is 0 Å². The monoisotopic (exact) mass is 261 g/mol. The van der Waals surface area contributed by atoms with Crippen molar-refractivity contribution < 1.29 is 9.53 Å². The Morgan fingerprint density at radius 3 is 2.68 bits per heavy atom. The number of esters is 1. The molecule has 0 aliphatic rings. The van der Waals surface area contributed by atoms with Gasteiger partial charge in [0, 0.05) is 6.54 Å². The fourth-order valence-electron chi connectivity index (χ4n) is 2.03. The molecule has 1 aromatic carbocycles. The van der Waals surface area contributed by atoms with Crippen LogP contribution >= 0.6 is 0 Å². The summed E-state index contributed by atoms with van der Waals surface area (Å²) in [4.78, 5) is 16.1. The number of nitrogens with zero attached hydrogens (tertiary/aromatic N) is 2. The Morgan fingerprint density at radius 1 is 1.37 bits per heavy atom. The fraction of sp³-hybridized carbons (Fsp3) is 0.429. The van der Waals surface area contributed by atoms with E-state index in [2.05, 4.69) is 30.2 Å². The maximum atomic E-state index is 11.5. The van der Waals surface area contributed by atoms with Gasteiger partial charge < -0.3 is 10.1 Å². The smallest absolute Gasteiger partial charge is 0.325 e. The van der Waals surface area contributed by atoms with Gasteiger partial charge in [-0.15, -0.1) is 0 Å². The molecule has 0 atom stereocenters. The lowest BCUT2D eigenvalue weighted by Gasteiger charge is -2.08. The number of fused-ring (bicyclic) bond motifs is 1. The average Bonchev–Trinajstić information content (AvgIpc) is 2.68. The van der Waals surface area contributed by atoms with Crippen molar-refractivity contribution in [3.63, 3.8) is 0 Å². The van der Waals surface area contributed by atoms with Crippen LogP contribution in [0.25, 0.3) is 11.0 Å². The lowest BCUT2D eigenvalue weighted by atomic mass is 10.1. The van der Waals surface area contributed by atoms with E-state index in [9.17, 15) is 4.79 Å². The summed E-state index contributed by atoms with van der Waals surface area (Å²) in [6, 6.07) is 4.10. The third-order valence-electron chi connectivity index (χ3n) is 3.21. The van der Waals surface area contributed by atoms with Gasteiger partial charge in [-0.25, -0.2) is 4.98 Å². The largest absolute Gasteiger partial charge is 0.468 e. The van der Waals surface area contributed by atoms with Crippen LogP contribution in [0.3, 0.4) is 0 Å². The maximum Gasteiger partial charge on any atom is 0.325 e. The lowest BCUT2D eigenvalue weighted by Crippen LogP contribution is -2.14. The SMILES string of the molecule is CCNc1nc2cc(C)c(C)cc2n1CC(=O)OC. The van der Waals surface area contributed by atoms with E-state index < -0.39 is 0 Å². The Kier molecular flexibility index (Phi) is 3.74.